The first kappa shape index (κ1) is 7.59. The van der Waals surface area contributed by atoms with E-state index in [0.29, 0.717) is 6.42 Å². The zero-order chi connectivity index (χ0) is 7.23. The molecule has 2 heteroatoms. The SMILES string of the molecule is OCCC#CC1CCCO1. The Balaban J connectivity index is 2.17. The fourth-order valence-corrected chi connectivity index (χ4v) is 0.933. The Bertz CT molecular complexity index is 137. The molecule has 1 unspecified atom stereocenters. The van der Waals surface area contributed by atoms with Crippen LogP contribution < -0.4 is 0 Å². The summed E-state index contributed by atoms with van der Waals surface area (Å²) in [5.74, 6) is 5.80. The molecule has 1 atom stereocenters. The van der Waals surface area contributed by atoms with E-state index in [0.717, 1.165) is 19.4 Å². The highest BCUT2D eigenvalue weighted by atomic mass is 16.5. The van der Waals surface area contributed by atoms with Crippen molar-refractivity contribution in [3.63, 3.8) is 0 Å². The Morgan fingerprint density at radius 2 is 2.50 bits per heavy atom. The van der Waals surface area contributed by atoms with Gasteiger partial charge in [0.25, 0.3) is 0 Å². The summed E-state index contributed by atoms with van der Waals surface area (Å²) in [6.07, 6.45) is 2.89. The minimum atomic E-state index is 0.145. The highest BCUT2D eigenvalue weighted by Gasteiger charge is 2.11. The van der Waals surface area contributed by atoms with Crippen molar-refractivity contribution >= 4 is 0 Å². The number of hydrogen-bond acceptors (Lipinski definition) is 2. The normalized spacial score (nSPS) is 23.9. The van der Waals surface area contributed by atoms with Gasteiger partial charge in [-0.05, 0) is 12.8 Å². The largest absolute Gasteiger partial charge is 0.395 e. The molecule has 0 aromatic heterocycles. The van der Waals surface area contributed by atoms with E-state index in [9.17, 15) is 0 Å². The van der Waals surface area contributed by atoms with Crippen LogP contribution in [-0.2, 0) is 4.74 Å². The minimum absolute atomic E-state index is 0.145. The van der Waals surface area contributed by atoms with E-state index in [2.05, 4.69) is 11.8 Å². The van der Waals surface area contributed by atoms with Gasteiger partial charge < -0.3 is 9.84 Å². The molecule has 0 saturated carbocycles. The van der Waals surface area contributed by atoms with Crippen LogP contribution in [0.15, 0.2) is 0 Å². The first-order valence-electron chi connectivity index (χ1n) is 3.64. The Hall–Kier alpha value is -0.520. The van der Waals surface area contributed by atoms with Crippen molar-refractivity contribution in [2.24, 2.45) is 0 Å². The molecule has 56 valence electrons. The molecule has 0 radical (unpaired) electrons. The van der Waals surface area contributed by atoms with Crippen molar-refractivity contribution in [1.82, 2.24) is 0 Å². The number of ether oxygens (including phenoxy) is 1. The maximum atomic E-state index is 8.40. The van der Waals surface area contributed by atoms with Crippen molar-refractivity contribution in [1.29, 1.82) is 0 Å². The molecule has 1 heterocycles. The highest BCUT2D eigenvalue weighted by molar-refractivity contribution is 5.06. The zero-order valence-corrected chi connectivity index (χ0v) is 5.97. The smallest absolute Gasteiger partial charge is 0.118 e. The van der Waals surface area contributed by atoms with Crippen LogP contribution >= 0.6 is 0 Å². The van der Waals surface area contributed by atoms with E-state index in [4.69, 9.17) is 9.84 Å². The second kappa shape index (κ2) is 4.32. The summed E-state index contributed by atoms with van der Waals surface area (Å²) >= 11 is 0. The van der Waals surface area contributed by atoms with Gasteiger partial charge in [0, 0.05) is 13.0 Å². The molecule has 0 spiro atoms. The molecule has 0 aromatic carbocycles. The van der Waals surface area contributed by atoms with Gasteiger partial charge in [-0.25, -0.2) is 0 Å². The average Bonchev–Trinajstić information content (AvgIpc) is 2.41. The lowest BCUT2D eigenvalue weighted by molar-refractivity contribution is 0.152. The first-order chi connectivity index (χ1) is 4.93. The standard InChI is InChI=1S/C8H12O2/c9-6-2-1-4-8-5-3-7-10-8/h8-9H,2-3,5-7H2. The lowest BCUT2D eigenvalue weighted by Gasteiger charge is -1.95. The van der Waals surface area contributed by atoms with Gasteiger partial charge in [-0.15, -0.1) is 0 Å². The maximum absolute atomic E-state index is 8.40. The summed E-state index contributed by atoms with van der Waals surface area (Å²) < 4.78 is 5.24. The van der Waals surface area contributed by atoms with Crippen molar-refractivity contribution in [2.75, 3.05) is 13.2 Å². The molecular formula is C8H12O2. The Morgan fingerprint density at radius 1 is 1.60 bits per heavy atom. The van der Waals surface area contributed by atoms with Gasteiger partial charge in [0.2, 0.25) is 0 Å². The van der Waals surface area contributed by atoms with Gasteiger partial charge in [-0.3, -0.25) is 0 Å². The minimum Gasteiger partial charge on any atom is -0.395 e. The van der Waals surface area contributed by atoms with Crippen LogP contribution in [0.4, 0.5) is 0 Å². The van der Waals surface area contributed by atoms with E-state index in [1.807, 2.05) is 0 Å². The molecule has 0 bridgehead atoms. The summed E-state index contributed by atoms with van der Waals surface area (Å²) in [6.45, 7) is 0.998. The maximum Gasteiger partial charge on any atom is 0.118 e. The molecule has 1 aliphatic rings. The van der Waals surface area contributed by atoms with Crippen molar-refractivity contribution in [2.45, 2.75) is 25.4 Å². The zero-order valence-electron chi connectivity index (χ0n) is 5.97. The third kappa shape index (κ3) is 2.38. The topological polar surface area (TPSA) is 29.5 Å². The molecule has 0 amide bonds. The quantitative estimate of drug-likeness (QED) is 0.539. The van der Waals surface area contributed by atoms with Crippen LogP contribution in [0.1, 0.15) is 19.3 Å². The summed E-state index contributed by atoms with van der Waals surface area (Å²) in [5.41, 5.74) is 0. The third-order valence-corrected chi connectivity index (χ3v) is 1.43. The number of aliphatic hydroxyl groups is 1. The molecule has 1 saturated heterocycles. The molecule has 1 fully saturated rings. The van der Waals surface area contributed by atoms with E-state index in [-0.39, 0.29) is 12.7 Å². The number of rotatable bonds is 1. The molecular weight excluding hydrogens is 128 g/mol. The highest BCUT2D eigenvalue weighted by Crippen LogP contribution is 2.10. The van der Waals surface area contributed by atoms with Gasteiger partial charge in [0.05, 0.1) is 6.61 Å². The van der Waals surface area contributed by atoms with Gasteiger partial charge in [-0.1, -0.05) is 11.8 Å². The lowest BCUT2D eigenvalue weighted by atomic mass is 10.2. The molecule has 0 aromatic rings. The van der Waals surface area contributed by atoms with E-state index in [1.54, 1.807) is 0 Å². The monoisotopic (exact) mass is 140 g/mol. The van der Waals surface area contributed by atoms with Crippen LogP contribution in [0, 0.1) is 11.8 Å². The second-order valence-corrected chi connectivity index (χ2v) is 2.30. The lowest BCUT2D eigenvalue weighted by Crippen LogP contribution is -1.99. The summed E-state index contributed by atoms with van der Waals surface area (Å²) in [5, 5.41) is 8.40. The van der Waals surface area contributed by atoms with Crippen molar-refractivity contribution in [3.8, 4) is 11.8 Å². The molecule has 2 nitrogen and oxygen atoms in total. The van der Waals surface area contributed by atoms with Gasteiger partial charge in [-0.2, -0.15) is 0 Å². The fraction of sp³-hybridized carbons (Fsp3) is 0.750. The van der Waals surface area contributed by atoms with Crippen LogP contribution in [0.3, 0.4) is 0 Å². The molecule has 10 heavy (non-hydrogen) atoms. The second-order valence-electron chi connectivity index (χ2n) is 2.30. The van der Waals surface area contributed by atoms with Crippen LogP contribution in [0.2, 0.25) is 0 Å². The summed E-state index contributed by atoms with van der Waals surface area (Å²) in [4.78, 5) is 0. The predicted octanol–water partition coefficient (Wildman–Crippen LogP) is 0.551. The molecule has 1 aliphatic heterocycles. The Kier molecular flexibility index (Phi) is 3.28. The molecule has 1 N–H and O–H groups in total. The number of hydrogen-bond donors (Lipinski definition) is 1. The van der Waals surface area contributed by atoms with Crippen molar-refractivity contribution < 1.29 is 9.84 Å². The van der Waals surface area contributed by atoms with E-state index in [1.165, 1.54) is 0 Å². The van der Waals surface area contributed by atoms with Crippen LogP contribution in [0.5, 0.6) is 0 Å². The fourth-order valence-electron chi connectivity index (χ4n) is 0.933. The Morgan fingerprint density at radius 3 is 3.10 bits per heavy atom. The average molecular weight is 140 g/mol. The predicted molar refractivity (Wildman–Crippen MR) is 38.5 cm³/mol. The summed E-state index contributed by atoms with van der Waals surface area (Å²) in [6, 6.07) is 0. The van der Waals surface area contributed by atoms with Gasteiger partial charge >= 0.3 is 0 Å². The first-order valence-corrected chi connectivity index (χ1v) is 3.64. The van der Waals surface area contributed by atoms with E-state index < -0.39 is 0 Å². The van der Waals surface area contributed by atoms with Gasteiger partial charge in [0.1, 0.15) is 6.10 Å². The van der Waals surface area contributed by atoms with Crippen molar-refractivity contribution in [3.05, 3.63) is 0 Å². The summed E-state index contributed by atoms with van der Waals surface area (Å²) in [7, 11) is 0. The third-order valence-electron chi connectivity index (χ3n) is 1.43. The van der Waals surface area contributed by atoms with E-state index >= 15 is 0 Å². The Labute approximate surface area is 61.2 Å². The van der Waals surface area contributed by atoms with Gasteiger partial charge in [0.15, 0.2) is 0 Å². The number of aliphatic hydroxyl groups excluding tert-OH is 1. The van der Waals surface area contributed by atoms with Crippen LogP contribution in [0.25, 0.3) is 0 Å². The molecule has 0 aliphatic carbocycles. The van der Waals surface area contributed by atoms with Crippen LogP contribution in [-0.4, -0.2) is 24.4 Å². The molecule has 1 rings (SSSR count).